The van der Waals surface area contributed by atoms with Crippen molar-refractivity contribution in [3.63, 3.8) is 0 Å². The first kappa shape index (κ1) is 14.8. The van der Waals surface area contributed by atoms with Gasteiger partial charge >= 0.3 is 0 Å². The Morgan fingerprint density at radius 3 is 2.74 bits per heavy atom. The molecule has 0 N–H and O–H groups in total. The van der Waals surface area contributed by atoms with E-state index in [-0.39, 0.29) is 0 Å². The molecule has 5 nitrogen and oxygen atoms in total. The van der Waals surface area contributed by atoms with Gasteiger partial charge in [0.1, 0.15) is 5.82 Å². The van der Waals surface area contributed by atoms with Crippen LogP contribution in [-0.2, 0) is 4.74 Å². The van der Waals surface area contributed by atoms with Gasteiger partial charge < -0.3 is 9.64 Å². The van der Waals surface area contributed by atoms with E-state index >= 15 is 0 Å². The zero-order chi connectivity index (χ0) is 15.5. The molecular weight excluding hydrogens is 288 g/mol. The van der Waals surface area contributed by atoms with E-state index < -0.39 is 0 Å². The molecule has 2 saturated heterocycles. The Hall–Kier alpha value is -1.72. The van der Waals surface area contributed by atoms with Crippen molar-refractivity contribution < 1.29 is 4.74 Å². The van der Waals surface area contributed by atoms with Crippen molar-refractivity contribution in [2.45, 2.75) is 25.3 Å². The number of rotatable bonds is 3. The highest BCUT2D eigenvalue weighted by Gasteiger charge is 2.26. The van der Waals surface area contributed by atoms with Crippen LogP contribution in [0.4, 0.5) is 5.82 Å². The molecule has 0 saturated carbocycles. The molecule has 2 aromatic rings. The number of fused-ring (bicyclic) bond motifs is 1. The second-order valence-electron chi connectivity index (χ2n) is 6.47. The maximum atomic E-state index is 5.47. The molecule has 2 fully saturated rings. The fraction of sp³-hybridized carbons (Fsp3) is 0.556. The second kappa shape index (κ2) is 6.81. The Labute approximate surface area is 137 Å². The molecule has 4 rings (SSSR count). The molecule has 3 heterocycles. The van der Waals surface area contributed by atoms with E-state index in [1.807, 2.05) is 30.5 Å². The van der Waals surface area contributed by atoms with Gasteiger partial charge in [0.05, 0.1) is 30.4 Å². The first-order valence-electron chi connectivity index (χ1n) is 8.69. The highest BCUT2D eigenvalue weighted by molar-refractivity contribution is 5.75. The van der Waals surface area contributed by atoms with Crippen LogP contribution in [-0.4, -0.2) is 60.3 Å². The third-order valence-electron chi connectivity index (χ3n) is 4.93. The number of piperidine rings is 1. The maximum absolute atomic E-state index is 5.47. The summed E-state index contributed by atoms with van der Waals surface area (Å²) in [5, 5.41) is 0. The number of morpholine rings is 1. The number of hydrogen-bond acceptors (Lipinski definition) is 5. The van der Waals surface area contributed by atoms with Crippen LogP contribution in [0, 0.1) is 0 Å². The van der Waals surface area contributed by atoms with Crippen molar-refractivity contribution in [2.75, 3.05) is 44.3 Å². The number of para-hydroxylation sites is 2. The van der Waals surface area contributed by atoms with Gasteiger partial charge in [-0.2, -0.15) is 0 Å². The van der Waals surface area contributed by atoms with Crippen molar-refractivity contribution in [3.8, 4) is 0 Å². The average Bonchev–Trinajstić information content (AvgIpc) is 2.63. The van der Waals surface area contributed by atoms with Crippen LogP contribution in [0.2, 0.25) is 0 Å². The van der Waals surface area contributed by atoms with Gasteiger partial charge in [-0.25, -0.2) is 4.98 Å². The summed E-state index contributed by atoms with van der Waals surface area (Å²) in [4.78, 5) is 14.5. The summed E-state index contributed by atoms with van der Waals surface area (Å²) in [6.45, 7) is 6.02. The maximum Gasteiger partial charge on any atom is 0.148 e. The van der Waals surface area contributed by atoms with Crippen LogP contribution >= 0.6 is 0 Å². The molecule has 2 aliphatic rings. The molecule has 0 radical (unpaired) electrons. The van der Waals surface area contributed by atoms with Crippen molar-refractivity contribution >= 4 is 16.9 Å². The second-order valence-corrected chi connectivity index (χ2v) is 6.47. The Morgan fingerprint density at radius 2 is 1.87 bits per heavy atom. The van der Waals surface area contributed by atoms with Crippen LogP contribution in [0.1, 0.15) is 19.3 Å². The van der Waals surface area contributed by atoms with Crippen molar-refractivity contribution in [1.29, 1.82) is 0 Å². The molecule has 5 heteroatoms. The Bertz CT molecular complexity index is 656. The van der Waals surface area contributed by atoms with E-state index in [4.69, 9.17) is 9.72 Å². The van der Waals surface area contributed by atoms with Crippen molar-refractivity contribution in [2.24, 2.45) is 0 Å². The number of nitrogens with zero attached hydrogens (tertiary/aromatic N) is 4. The highest BCUT2D eigenvalue weighted by atomic mass is 16.5. The quantitative estimate of drug-likeness (QED) is 0.870. The molecule has 23 heavy (non-hydrogen) atoms. The summed E-state index contributed by atoms with van der Waals surface area (Å²) in [5.41, 5.74) is 1.96. The number of anilines is 1. The van der Waals surface area contributed by atoms with Gasteiger partial charge in [0, 0.05) is 32.2 Å². The predicted molar refractivity (Wildman–Crippen MR) is 91.8 cm³/mol. The lowest BCUT2D eigenvalue weighted by atomic mass is 10.0. The lowest BCUT2D eigenvalue weighted by molar-refractivity contribution is 0.0338. The Balaban J connectivity index is 1.55. The minimum absolute atomic E-state index is 0.539. The molecule has 0 amide bonds. The van der Waals surface area contributed by atoms with Crippen LogP contribution in [0.25, 0.3) is 11.0 Å². The lowest BCUT2D eigenvalue weighted by Gasteiger charge is -2.40. The molecule has 0 unspecified atom stereocenters. The van der Waals surface area contributed by atoms with E-state index in [0.29, 0.717) is 6.04 Å². The summed E-state index contributed by atoms with van der Waals surface area (Å²) < 4.78 is 5.47. The normalized spacial score (nSPS) is 23.3. The topological polar surface area (TPSA) is 41.5 Å². The van der Waals surface area contributed by atoms with E-state index in [1.54, 1.807) is 0 Å². The Kier molecular flexibility index (Phi) is 4.39. The monoisotopic (exact) mass is 312 g/mol. The number of benzene rings is 1. The molecule has 0 spiro atoms. The van der Waals surface area contributed by atoms with Gasteiger partial charge in [-0.15, -0.1) is 0 Å². The summed E-state index contributed by atoms with van der Waals surface area (Å²) in [5.74, 6) is 1.03. The number of ether oxygens (including phenoxy) is 1. The van der Waals surface area contributed by atoms with Crippen LogP contribution in [0.3, 0.4) is 0 Å². The van der Waals surface area contributed by atoms with E-state index in [1.165, 1.54) is 19.3 Å². The third kappa shape index (κ3) is 3.31. The van der Waals surface area contributed by atoms with Crippen LogP contribution < -0.4 is 4.90 Å². The molecule has 1 aromatic heterocycles. The minimum Gasteiger partial charge on any atom is -0.379 e. The summed E-state index contributed by atoms with van der Waals surface area (Å²) in [6.07, 6.45) is 5.74. The van der Waals surface area contributed by atoms with E-state index in [9.17, 15) is 0 Å². The molecular formula is C18H24N4O. The number of hydrogen-bond donors (Lipinski definition) is 0. The zero-order valence-electron chi connectivity index (χ0n) is 13.5. The first-order chi connectivity index (χ1) is 11.4. The van der Waals surface area contributed by atoms with Gasteiger partial charge in [-0.1, -0.05) is 12.1 Å². The fourth-order valence-corrected chi connectivity index (χ4v) is 3.66. The fourth-order valence-electron chi connectivity index (χ4n) is 3.66. The predicted octanol–water partition coefficient (Wildman–Crippen LogP) is 2.32. The first-order valence-corrected chi connectivity index (χ1v) is 8.69. The van der Waals surface area contributed by atoms with E-state index in [0.717, 1.165) is 56.2 Å². The molecule has 1 atom stereocenters. The van der Waals surface area contributed by atoms with Gasteiger partial charge in [-0.05, 0) is 31.4 Å². The molecule has 0 aliphatic carbocycles. The summed E-state index contributed by atoms with van der Waals surface area (Å²) in [7, 11) is 0. The van der Waals surface area contributed by atoms with Crippen LogP contribution in [0.5, 0.6) is 0 Å². The number of aromatic nitrogens is 2. The third-order valence-corrected chi connectivity index (χ3v) is 4.93. The molecule has 2 aliphatic heterocycles. The molecule has 1 aromatic carbocycles. The summed E-state index contributed by atoms with van der Waals surface area (Å²) >= 11 is 0. The van der Waals surface area contributed by atoms with Crippen molar-refractivity contribution in [3.05, 3.63) is 30.5 Å². The SMILES string of the molecule is c1ccc2nc(N3CCCC[C@@H]3CN3CCOCC3)cnc2c1. The zero-order valence-corrected chi connectivity index (χ0v) is 13.5. The largest absolute Gasteiger partial charge is 0.379 e. The van der Waals surface area contributed by atoms with Crippen molar-refractivity contribution in [1.82, 2.24) is 14.9 Å². The standard InChI is InChI=1S/C18H24N4O/c1-2-7-17-16(6-1)19-13-18(20-17)22-8-4-3-5-15(22)14-21-9-11-23-12-10-21/h1-2,6-7,13,15H,3-5,8-12,14H2/t15-/m1/s1. The van der Waals surface area contributed by atoms with Gasteiger partial charge in [0.15, 0.2) is 0 Å². The van der Waals surface area contributed by atoms with Gasteiger partial charge in [0.2, 0.25) is 0 Å². The minimum atomic E-state index is 0.539. The highest BCUT2D eigenvalue weighted by Crippen LogP contribution is 2.25. The average molecular weight is 312 g/mol. The van der Waals surface area contributed by atoms with Gasteiger partial charge in [-0.3, -0.25) is 9.88 Å². The molecule has 122 valence electrons. The Morgan fingerprint density at radius 1 is 1.04 bits per heavy atom. The van der Waals surface area contributed by atoms with Gasteiger partial charge in [0.25, 0.3) is 0 Å². The summed E-state index contributed by atoms with van der Waals surface area (Å²) in [6, 6.07) is 8.65. The molecule has 0 bridgehead atoms. The van der Waals surface area contributed by atoms with Crippen LogP contribution in [0.15, 0.2) is 30.5 Å². The lowest BCUT2D eigenvalue weighted by Crippen LogP contribution is -2.49. The smallest absolute Gasteiger partial charge is 0.148 e. The van der Waals surface area contributed by atoms with E-state index in [2.05, 4.69) is 14.8 Å².